The fourth-order valence-electron chi connectivity index (χ4n) is 4.71. The average molecular weight is 690 g/mol. The van der Waals surface area contributed by atoms with Crippen molar-refractivity contribution in [2.24, 2.45) is 5.10 Å². The lowest BCUT2D eigenvalue weighted by molar-refractivity contribution is -0.402. The van der Waals surface area contributed by atoms with Gasteiger partial charge in [0, 0.05) is 17.6 Å². The smallest absolute Gasteiger partial charge is 0.433 e. The van der Waals surface area contributed by atoms with Crippen molar-refractivity contribution in [3.63, 3.8) is 0 Å². The van der Waals surface area contributed by atoms with E-state index in [1.807, 2.05) is 0 Å². The number of hydroxylamine groups is 2. The predicted molar refractivity (Wildman–Crippen MR) is 172 cm³/mol. The number of hydrogen-bond acceptors (Lipinski definition) is 10. The van der Waals surface area contributed by atoms with Gasteiger partial charge in [-0.05, 0) is 68.5 Å². The first-order chi connectivity index (χ1) is 22.3. The highest BCUT2D eigenvalue weighted by Crippen LogP contribution is 2.40. The van der Waals surface area contributed by atoms with Crippen molar-refractivity contribution in [1.29, 1.82) is 0 Å². The van der Waals surface area contributed by atoms with Gasteiger partial charge in [0.05, 0.1) is 35.9 Å². The number of furan rings is 1. The Morgan fingerprint density at radius 3 is 2.38 bits per heavy atom. The number of nitrogens with zero attached hydrogens (tertiary/aromatic N) is 5. The molecule has 2 heterocycles. The van der Waals surface area contributed by atoms with Gasteiger partial charge < -0.3 is 24.1 Å². The Labute approximate surface area is 277 Å². The number of methoxy groups -OCH3 is 2. The van der Waals surface area contributed by atoms with Crippen molar-refractivity contribution in [2.75, 3.05) is 31.0 Å². The Morgan fingerprint density at radius 2 is 1.79 bits per heavy atom. The van der Waals surface area contributed by atoms with Gasteiger partial charge in [-0.3, -0.25) is 25.0 Å². The normalized spacial score (nSPS) is 15.7. The second kappa shape index (κ2) is 14.4. The van der Waals surface area contributed by atoms with E-state index < -0.39 is 47.0 Å². The maximum atomic E-state index is 13.9. The Morgan fingerprint density at radius 1 is 1.13 bits per heavy atom. The van der Waals surface area contributed by atoms with Crippen LogP contribution in [0.25, 0.3) is 6.08 Å². The lowest BCUT2D eigenvalue weighted by Crippen LogP contribution is -2.58. The summed E-state index contributed by atoms with van der Waals surface area (Å²) >= 11 is 12.5. The zero-order chi connectivity index (χ0) is 34.5. The highest BCUT2D eigenvalue weighted by molar-refractivity contribution is 6.32. The summed E-state index contributed by atoms with van der Waals surface area (Å²) in [6, 6.07) is 9.72. The minimum absolute atomic E-state index is 0.152. The van der Waals surface area contributed by atoms with E-state index in [1.54, 1.807) is 13.8 Å². The van der Waals surface area contributed by atoms with E-state index in [0.29, 0.717) is 16.6 Å². The number of allylic oxidation sites excluding steroid dienone is 1. The molecule has 0 saturated carbocycles. The van der Waals surface area contributed by atoms with Crippen molar-refractivity contribution in [3.05, 3.63) is 80.5 Å². The minimum atomic E-state index is -1.39. The lowest BCUT2D eigenvalue weighted by atomic mass is 9.99. The van der Waals surface area contributed by atoms with Gasteiger partial charge in [0.25, 0.3) is 5.91 Å². The molecule has 0 radical (unpaired) electrons. The number of hydrazone groups is 1. The second-order valence-corrected chi connectivity index (χ2v) is 11.1. The van der Waals surface area contributed by atoms with Gasteiger partial charge in [-0.2, -0.15) is 10.2 Å². The maximum absolute atomic E-state index is 13.9. The number of carbonyl (C=O) groups is 3. The molecule has 0 bridgehead atoms. The van der Waals surface area contributed by atoms with Crippen LogP contribution in [0.2, 0.25) is 10.0 Å². The van der Waals surface area contributed by atoms with E-state index in [4.69, 9.17) is 37.1 Å². The van der Waals surface area contributed by atoms with Crippen molar-refractivity contribution in [3.8, 4) is 11.5 Å². The number of amides is 5. The van der Waals surface area contributed by atoms with Crippen molar-refractivity contribution >= 4 is 70.7 Å². The monoisotopic (exact) mass is 689 g/mol. The molecule has 1 aliphatic rings. The molecule has 1 aromatic heterocycles. The van der Waals surface area contributed by atoms with Crippen LogP contribution in [0.3, 0.4) is 0 Å². The van der Waals surface area contributed by atoms with Crippen LogP contribution in [0.4, 0.5) is 26.8 Å². The van der Waals surface area contributed by atoms with Gasteiger partial charge >= 0.3 is 17.9 Å². The molecule has 1 fully saturated rings. The third kappa shape index (κ3) is 7.57. The number of halogens is 2. The number of anilines is 2. The Balaban J connectivity index is 1.56. The molecule has 5 amide bonds. The summed E-state index contributed by atoms with van der Waals surface area (Å²) in [5.41, 5.74) is 1.32. The van der Waals surface area contributed by atoms with E-state index >= 15 is 0 Å². The van der Waals surface area contributed by atoms with Crippen LogP contribution < -0.4 is 25.1 Å². The van der Waals surface area contributed by atoms with Crippen LogP contribution in [0, 0.1) is 10.1 Å². The standard InChI is InChI=1S/C29H29Cl2N7O9/c1-29(2)26(37(42)27(40)33-17-7-10-22(45-3)20(30)14-17)36(18-8-11-23(46-4)21(31)15-18)28(41)35(29)16-24(39)34-32-13-5-6-19-9-12-25(47-19)38(43)44/h5-15,26,42H,16H2,1-4H3,(H,33,40)(H,34,39)/b6-5-,32-13+. The van der Waals surface area contributed by atoms with Gasteiger partial charge in [0.2, 0.25) is 0 Å². The molecule has 1 atom stereocenters. The molecule has 3 N–H and O–H groups in total. The summed E-state index contributed by atoms with van der Waals surface area (Å²) in [5.74, 6) is -0.257. The number of rotatable bonds is 11. The molecule has 248 valence electrons. The highest BCUT2D eigenvalue weighted by atomic mass is 35.5. The summed E-state index contributed by atoms with van der Waals surface area (Å²) in [5, 5.41) is 29.1. The largest absolute Gasteiger partial charge is 0.495 e. The van der Waals surface area contributed by atoms with Crippen LogP contribution in [-0.2, 0) is 4.79 Å². The van der Waals surface area contributed by atoms with Crippen molar-refractivity contribution in [1.82, 2.24) is 15.4 Å². The van der Waals surface area contributed by atoms with Crippen molar-refractivity contribution < 1.29 is 38.4 Å². The Bertz CT molecular complexity index is 1740. The fraction of sp³-hybridized carbons (Fsp3) is 0.241. The van der Waals surface area contributed by atoms with E-state index in [-0.39, 0.29) is 27.2 Å². The highest BCUT2D eigenvalue weighted by Gasteiger charge is 2.56. The van der Waals surface area contributed by atoms with E-state index in [0.717, 1.165) is 9.80 Å². The van der Waals surface area contributed by atoms with Crippen molar-refractivity contribution in [2.45, 2.75) is 25.6 Å². The molecular weight excluding hydrogens is 661 g/mol. The molecule has 47 heavy (non-hydrogen) atoms. The molecule has 1 aliphatic heterocycles. The third-order valence-corrected chi connectivity index (χ3v) is 7.56. The first-order valence-corrected chi connectivity index (χ1v) is 14.3. The van der Waals surface area contributed by atoms with Gasteiger partial charge in [-0.25, -0.2) is 15.0 Å². The molecule has 4 rings (SSSR count). The molecule has 1 unspecified atom stereocenters. The average Bonchev–Trinajstić information content (AvgIpc) is 3.57. The van der Waals surface area contributed by atoms with E-state index in [9.17, 15) is 29.7 Å². The maximum Gasteiger partial charge on any atom is 0.433 e. The summed E-state index contributed by atoms with van der Waals surface area (Å²) in [7, 11) is 2.85. The van der Waals surface area contributed by atoms with Gasteiger partial charge in [-0.15, -0.1) is 0 Å². The quantitative estimate of drug-likeness (QED) is 0.0995. The molecule has 18 heteroatoms. The number of nitrogens with one attached hydrogen (secondary N) is 2. The number of carbonyl (C=O) groups excluding carboxylic acids is 3. The summed E-state index contributed by atoms with van der Waals surface area (Å²) in [6.45, 7) is 2.59. The summed E-state index contributed by atoms with van der Waals surface area (Å²) in [6.07, 6.45) is 2.57. The van der Waals surface area contributed by atoms with Crippen LogP contribution in [0.5, 0.6) is 11.5 Å². The summed E-state index contributed by atoms with van der Waals surface area (Å²) in [4.78, 5) is 52.4. The molecule has 1 saturated heterocycles. The van der Waals surface area contributed by atoms with Crippen LogP contribution in [-0.4, -0.2) is 76.7 Å². The fourth-order valence-corrected chi connectivity index (χ4v) is 5.22. The minimum Gasteiger partial charge on any atom is -0.495 e. The molecule has 0 spiro atoms. The zero-order valence-electron chi connectivity index (χ0n) is 25.3. The number of ether oxygens (including phenoxy) is 2. The predicted octanol–water partition coefficient (Wildman–Crippen LogP) is 5.60. The van der Waals surface area contributed by atoms with Gasteiger partial charge in [0.1, 0.15) is 28.7 Å². The van der Waals surface area contributed by atoms with E-state index in [2.05, 4.69) is 15.8 Å². The first-order valence-electron chi connectivity index (χ1n) is 13.6. The van der Waals surface area contributed by atoms with Crippen LogP contribution >= 0.6 is 23.2 Å². The third-order valence-electron chi connectivity index (χ3n) is 6.97. The second-order valence-electron chi connectivity index (χ2n) is 10.3. The summed E-state index contributed by atoms with van der Waals surface area (Å²) < 4.78 is 15.3. The number of urea groups is 2. The van der Waals surface area contributed by atoms with E-state index in [1.165, 1.54) is 81.1 Å². The van der Waals surface area contributed by atoms with Crippen LogP contribution in [0.15, 0.2) is 64.1 Å². The Kier molecular flexibility index (Phi) is 10.6. The number of benzene rings is 2. The topological polar surface area (TPSA) is 192 Å². The SMILES string of the molecule is COc1ccc(NC(=O)N(O)C2N(c3ccc(OC)c(Cl)c3)C(=O)N(CC(=O)N/N=C/C=C\c3ccc([N+](=O)[O-])o3)C2(C)C)cc1Cl. The lowest BCUT2D eigenvalue weighted by Gasteiger charge is -2.38. The first kappa shape index (κ1) is 34.6. The molecule has 0 aliphatic carbocycles. The zero-order valence-corrected chi connectivity index (χ0v) is 26.9. The van der Waals surface area contributed by atoms with Gasteiger partial charge in [-0.1, -0.05) is 23.2 Å². The molecule has 2 aromatic carbocycles. The molecule has 3 aromatic rings. The number of nitro groups is 1. The van der Waals surface area contributed by atoms with Gasteiger partial charge in [0.15, 0.2) is 6.17 Å². The van der Waals surface area contributed by atoms with Crippen LogP contribution in [0.1, 0.15) is 19.6 Å². The molecule has 16 nitrogen and oxygen atoms in total. The number of hydrogen-bond donors (Lipinski definition) is 3. The Hall–Kier alpha value is -5.32. The molecular formula is C29H29Cl2N7O9.